The maximum atomic E-state index is 12.7. The lowest BCUT2D eigenvalue weighted by molar-refractivity contribution is -0.135. The van der Waals surface area contributed by atoms with Gasteiger partial charge in [0.2, 0.25) is 11.8 Å². The second-order valence-electron chi connectivity index (χ2n) is 9.77. The lowest BCUT2D eigenvalue weighted by Gasteiger charge is -2.38. The Morgan fingerprint density at radius 3 is 2.25 bits per heavy atom. The van der Waals surface area contributed by atoms with E-state index in [4.69, 9.17) is 5.73 Å². The van der Waals surface area contributed by atoms with E-state index in [0.717, 1.165) is 64.1 Å². The van der Waals surface area contributed by atoms with Crippen molar-refractivity contribution in [2.75, 3.05) is 57.7 Å². The van der Waals surface area contributed by atoms with Crippen LogP contribution in [0.4, 0.5) is 5.00 Å². The van der Waals surface area contributed by atoms with Crippen LogP contribution < -0.4 is 11.1 Å². The van der Waals surface area contributed by atoms with Gasteiger partial charge in [-0.2, -0.15) is 0 Å². The first kappa shape index (κ1) is 23.2. The Morgan fingerprint density at radius 1 is 1.00 bits per heavy atom. The van der Waals surface area contributed by atoms with Crippen molar-refractivity contribution in [1.82, 2.24) is 14.7 Å². The van der Waals surface area contributed by atoms with E-state index < -0.39 is 5.91 Å². The van der Waals surface area contributed by atoms with Gasteiger partial charge in [-0.05, 0) is 43.1 Å². The highest BCUT2D eigenvalue weighted by atomic mass is 32.1. The highest BCUT2D eigenvalue weighted by molar-refractivity contribution is 7.17. The van der Waals surface area contributed by atoms with Gasteiger partial charge in [0.15, 0.2) is 0 Å². The van der Waals surface area contributed by atoms with Crippen LogP contribution in [0.15, 0.2) is 0 Å². The number of carbonyl (C=O) groups excluding carboxylic acids is 3. The first-order chi connectivity index (χ1) is 15.3. The molecule has 3 N–H and O–H groups in total. The molecule has 4 rings (SSSR count). The summed E-state index contributed by atoms with van der Waals surface area (Å²) in [6.07, 6.45) is 4.04. The number of piperazine rings is 1. The van der Waals surface area contributed by atoms with Gasteiger partial charge in [0.1, 0.15) is 5.00 Å². The van der Waals surface area contributed by atoms with Crippen LogP contribution in [-0.4, -0.2) is 84.8 Å². The molecule has 1 aromatic heterocycles. The number of amides is 3. The first-order valence-electron chi connectivity index (χ1n) is 11.8. The minimum absolute atomic E-state index is 0.117. The van der Waals surface area contributed by atoms with Gasteiger partial charge in [-0.3, -0.25) is 24.2 Å². The number of carbonyl (C=O) groups is 3. The molecule has 2 fully saturated rings. The fraction of sp³-hybridized carbons (Fsp3) is 0.696. The van der Waals surface area contributed by atoms with Crippen molar-refractivity contribution in [3.05, 3.63) is 16.0 Å². The van der Waals surface area contributed by atoms with Gasteiger partial charge in [0.05, 0.1) is 18.7 Å². The Labute approximate surface area is 194 Å². The molecule has 3 aliphatic rings. The van der Waals surface area contributed by atoms with Gasteiger partial charge in [-0.1, -0.05) is 13.8 Å². The van der Waals surface area contributed by atoms with Crippen molar-refractivity contribution in [1.29, 1.82) is 0 Å². The summed E-state index contributed by atoms with van der Waals surface area (Å²) in [5, 5.41) is 3.52. The van der Waals surface area contributed by atoms with Gasteiger partial charge < -0.3 is 16.0 Å². The molecule has 32 heavy (non-hydrogen) atoms. The Kier molecular flexibility index (Phi) is 7.17. The SMILES string of the molecule is C[C@@H]1C[C@H](C)CN(C(=O)CN2CCN(CC(=O)Nc3sc4c(c3C(N)=O)CCC4)CC2)C1. The number of fused-ring (bicyclic) bond motifs is 1. The number of rotatable bonds is 6. The zero-order valence-electron chi connectivity index (χ0n) is 19.2. The molecule has 1 aliphatic carbocycles. The molecular formula is C23H35N5O3S. The molecule has 0 aromatic carbocycles. The van der Waals surface area contributed by atoms with Crippen molar-refractivity contribution in [3.8, 4) is 0 Å². The summed E-state index contributed by atoms with van der Waals surface area (Å²) in [6, 6.07) is 0. The largest absolute Gasteiger partial charge is 0.365 e. The number of nitrogens with one attached hydrogen (secondary N) is 1. The van der Waals surface area contributed by atoms with Crippen molar-refractivity contribution in [3.63, 3.8) is 0 Å². The number of aryl methyl sites for hydroxylation is 1. The molecule has 2 atom stereocenters. The molecule has 8 nitrogen and oxygen atoms in total. The molecule has 2 aliphatic heterocycles. The zero-order chi connectivity index (χ0) is 22.8. The quantitative estimate of drug-likeness (QED) is 0.667. The maximum absolute atomic E-state index is 12.7. The number of anilines is 1. The topological polar surface area (TPSA) is 99.0 Å². The van der Waals surface area contributed by atoms with E-state index in [1.165, 1.54) is 22.6 Å². The Balaban J connectivity index is 1.24. The number of thiophene rings is 1. The van der Waals surface area contributed by atoms with E-state index in [2.05, 4.69) is 29.0 Å². The number of likely N-dealkylation sites (tertiary alicyclic amines) is 1. The van der Waals surface area contributed by atoms with Crippen molar-refractivity contribution in [2.45, 2.75) is 39.5 Å². The highest BCUT2D eigenvalue weighted by Gasteiger charge is 2.29. The second-order valence-corrected chi connectivity index (χ2v) is 10.9. The van der Waals surface area contributed by atoms with Crippen LogP contribution in [0.1, 0.15) is 47.5 Å². The first-order valence-corrected chi connectivity index (χ1v) is 12.6. The average molecular weight is 462 g/mol. The van der Waals surface area contributed by atoms with Crippen LogP contribution in [0, 0.1) is 11.8 Å². The van der Waals surface area contributed by atoms with Gasteiger partial charge in [0, 0.05) is 44.1 Å². The van der Waals surface area contributed by atoms with Gasteiger partial charge >= 0.3 is 0 Å². The van der Waals surface area contributed by atoms with Gasteiger partial charge in [-0.25, -0.2) is 0 Å². The molecule has 0 spiro atoms. The molecule has 0 saturated carbocycles. The third-order valence-electron chi connectivity index (χ3n) is 6.83. The summed E-state index contributed by atoms with van der Waals surface area (Å²) in [7, 11) is 0. The molecule has 176 valence electrons. The number of hydrogen-bond acceptors (Lipinski definition) is 6. The fourth-order valence-corrected chi connectivity index (χ4v) is 6.70. The van der Waals surface area contributed by atoms with E-state index in [1.807, 2.05) is 4.90 Å². The van der Waals surface area contributed by atoms with Gasteiger partial charge in [-0.15, -0.1) is 11.3 Å². The standard InChI is InChI=1S/C23H35N5O3S/c1-15-10-16(2)12-28(11-15)20(30)14-27-8-6-26(7-9-27)13-19(29)25-23-21(22(24)31)17-4-3-5-18(17)32-23/h15-16H,3-14H2,1-2H3,(H2,24,31)(H,25,29)/t15-,16+. The third kappa shape index (κ3) is 5.32. The minimum atomic E-state index is -0.463. The van der Waals surface area contributed by atoms with E-state index in [0.29, 0.717) is 28.9 Å². The van der Waals surface area contributed by atoms with E-state index in [1.54, 1.807) is 0 Å². The number of nitrogens with zero attached hydrogens (tertiary/aromatic N) is 3. The summed E-state index contributed by atoms with van der Waals surface area (Å²) in [5.41, 5.74) is 7.11. The van der Waals surface area contributed by atoms with Crippen LogP contribution in [-0.2, 0) is 22.4 Å². The van der Waals surface area contributed by atoms with Crippen LogP contribution in [0.25, 0.3) is 0 Å². The van der Waals surface area contributed by atoms with Crippen molar-refractivity contribution >= 4 is 34.1 Å². The lowest BCUT2D eigenvalue weighted by atomic mass is 9.92. The molecule has 3 heterocycles. The highest BCUT2D eigenvalue weighted by Crippen LogP contribution is 2.38. The third-order valence-corrected chi connectivity index (χ3v) is 8.04. The molecule has 0 unspecified atom stereocenters. The summed E-state index contributed by atoms with van der Waals surface area (Å²) in [6.45, 7) is 9.95. The monoisotopic (exact) mass is 461 g/mol. The average Bonchev–Trinajstić information content (AvgIpc) is 3.29. The normalized spacial score (nSPS) is 24.4. The Hall–Kier alpha value is -1.97. The molecule has 9 heteroatoms. The molecule has 0 radical (unpaired) electrons. The van der Waals surface area contributed by atoms with E-state index in [9.17, 15) is 14.4 Å². The summed E-state index contributed by atoms with van der Waals surface area (Å²) >= 11 is 1.49. The molecule has 2 saturated heterocycles. The van der Waals surface area contributed by atoms with E-state index in [-0.39, 0.29) is 18.4 Å². The predicted molar refractivity (Wildman–Crippen MR) is 126 cm³/mol. The predicted octanol–water partition coefficient (Wildman–Crippen LogP) is 1.40. The second kappa shape index (κ2) is 9.89. The molecule has 3 amide bonds. The number of piperidine rings is 1. The van der Waals surface area contributed by atoms with Crippen LogP contribution in [0.3, 0.4) is 0 Å². The molecular weight excluding hydrogens is 426 g/mol. The van der Waals surface area contributed by atoms with Crippen molar-refractivity contribution < 1.29 is 14.4 Å². The lowest BCUT2D eigenvalue weighted by Crippen LogP contribution is -2.52. The number of nitrogens with two attached hydrogens (primary N) is 1. The fourth-order valence-electron chi connectivity index (χ4n) is 5.39. The summed E-state index contributed by atoms with van der Waals surface area (Å²) in [5.74, 6) is 0.776. The summed E-state index contributed by atoms with van der Waals surface area (Å²) < 4.78 is 0. The van der Waals surface area contributed by atoms with Crippen molar-refractivity contribution in [2.24, 2.45) is 17.6 Å². The maximum Gasteiger partial charge on any atom is 0.251 e. The van der Waals surface area contributed by atoms with E-state index >= 15 is 0 Å². The van der Waals surface area contributed by atoms with Crippen LogP contribution >= 0.6 is 11.3 Å². The molecule has 1 aromatic rings. The Bertz CT molecular complexity index is 867. The summed E-state index contributed by atoms with van der Waals surface area (Å²) in [4.78, 5) is 44.8. The van der Waals surface area contributed by atoms with Crippen LogP contribution in [0.2, 0.25) is 0 Å². The number of hydrogen-bond donors (Lipinski definition) is 2. The molecule has 0 bridgehead atoms. The minimum Gasteiger partial charge on any atom is -0.365 e. The zero-order valence-corrected chi connectivity index (χ0v) is 20.0. The van der Waals surface area contributed by atoms with Crippen LogP contribution in [0.5, 0.6) is 0 Å². The van der Waals surface area contributed by atoms with Gasteiger partial charge in [0.25, 0.3) is 5.91 Å². The smallest absolute Gasteiger partial charge is 0.251 e. The number of primary amides is 1. The Morgan fingerprint density at radius 2 is 1.62 bits per heavy atom.